The molecule has 0 aromatic carbocycles. The summed E-state index contributed by atoms with van der Waals surface area (Å²) in [6.07, 6.45) is 0. The Balaban J connectivity index is -0.0000000800. The third kappa shape index (κ3) is 18.6. The first-order valence-electron chi connectivity index (χ1n) is 1.06. The quantitative estimate of drug-likeness (QED) is 0.342. The molecular formula is C2H7AlClNaO2. The van der Waals surface area contributed by atoms with E-state index in [-0.39, 0.29) is 46.9 Å². The molecule has 0 saturated heterocycles. The van der Waals surface area contributed by atoms with E-state index in [1.165, 1.54) is 0 Å². The monoisotopic (exact) mass is 148 g/mol. The Morgan fingerprint density at radius 2 is 1.86 bits per heavy atom. The van der Waals surface area contributed by atoms with Crippen molar-refractivity contribution >= 4 is 63.8 Å². The van der Waals surface area contributed by atoms with E-state index in [0.717, 1.165) is 0 Å². The molecule has 0 saturated carbocycles. The van der Waals surface area contributed by atoms with Crippen LogP contribution in [0.2, 0.25) is 0 Å². The third-order valence-electron chi connectivity index (χ3n) is 0.124. The Kier molecular flexibility index (Phi) is 23.5. The van der Waals surface area contributed by atoms with E-state index in [1.807, 2.05) is 0 Å². The van der Waals surface area contributed by atoms with Crippen LogP contribution in [-0.4, -0.2) is 63.9 Å². The minimum atomic E-state index is -0.718. The summed E-state index contributed by atoms with van der Waals surface area (Å²) in [5, 5.41) is 6.94. The van der Waals surface area contributed by atoms with Gasteiger partial charge >= 0.3 is 29.6 Å². The average molecular weight is 149 g/mol. The van der Waals surface area contributed by atoms with Crippen molar-refractivity contribution in [1.82, 2.24) is 0 Å². The first kappa shape index (κ1) is 15.8. The van der Waals surface area contributed by atoms with Crippen LogP contribution in [0.4, 0.5) is 0 Å². The number of hydrogen-bond donors (Lipinski definition) is 1. The predicted octanol–water partition coefficient (Wildman–Crippen LogP) is -2.09. The maximum atomic E-state index is 9.33. The molecule has 0 aromatic rings. The van der Waals surface area contributed by atoms with Crippen molar-refractivity contribution in [3.63, 3.8) is 0 Å². The zero-order valence-corrected chi connectivity index (χ0v) is 3.20. The summed E-state index contributed by atoms with van der Waals surface area (Å²) in [6.45, 7) is -0.568. The molecule has 0 amide bonds. The molecule has 0 bridgehead atoms. The number of rotatable bonds is 1. The van der Waals surface area contributed by atoms with E-state index in [2.05, 4.69) is 11.6 Å². The summed E-state index contributed by atoms with van der Waals surface area (Å²) < 4.78 is 0. The zero-order chi connectivity index (χ0) is 4.28. The molecule has 0 aliphatic heterocycles. The second kappa shape index (κ2) is 10.4. The van der Waals surface area contributed by atoms with Crippen LogP contribution in [0.5, 0.6) is 0 Å². The Morgan fingerprint density at radius 1 is 1.71 bits per heavy atom. The van der Waals surface area contributed by atoms with E-state index in [4.69, 9.17) is 5.11 Å². The van der Waals surface area contributed by atoms with Crippen LogP contribution in [0.3, 0.4) is 0 Å². The van der Waals surface area contributed by atoms with Gasteiger partial charge in [-0.05, 0) is 11.6 Å². The number of halogens is 1. The van der Waals surface area contributed by atoms with Gasteiger partial charge in [-0.1, -0.05) is 0 Å². The predicted molar refractivity (Wildman–Crippen MR) is 35.0 cm³/mol. The van der Waals surface area contributed by atoms with Crippen molar-refractivity contribution in [2.45, 2.75) is 0 Å². The van der Waals surface area contributed by atoms with Crippen LogP contribution in [0, 0.1) is 0 Å². The number of carbonyl (C=O) groups is 1. The van der Waals surface area contributed by atoms with Crippen LogP contribution in [0.1, 0.15) is 0 Å². The molecule has 0 spiro atoms. The summed E-state index contributed by atoms with van der Waals surface area (Å²) in [5.74, 6) is 0. The Labute approximate surface area is 79.7 Å². The van der Waals surface area contributed by atoms with Gasteiger partial charge < -0.3 is 5.11 Å². The molecule has 0 unspecified atom stereocenters. The van der Waals surface area contributed by atoms with E-state index >= 15 is 0 Å². The molecule has 0 atom stereocenters. The standard InChI is InChI=1S/C2H3ClO2.Al.Na.4H/c3-2(5)1-4;;;;;;/h4H,1H2;;;;;;. The molecule has 0 fully saturated rings. The SMILES string of the molecule is O=C(Cl)CO.[AlH3].[NaH]. The van der Waals surface area contributed by atoms with Gasteiger partial charge in [0.1, 0.15) is 6.61 Å². The van der Waals surface area contributed by atoms with Crippen LogP contribution in [-0.2, 0) is 4.79 Å². The topological polar surface area (TPSA) is 37.3 Å². The molecule has 2 nitrogen and oxygen atoms in total. The number of carbonyl (C=O) groups excluding carboxylic acids is 1. The van der Waals surface area contributed by atoms with E-state index < -0.39 is 11.8 Å². The van der Waals surface area contributed by atoms with Crippen molar-refractivity contribution in [1.29, 1.82) is 0 Å². The second-order valence-electron chi connectivity index (χ2n) is 0.513. The van der Waals surface area contributed by atoms with Gasteiger partial charge in [0.25, 0.3) is 0 Å². The fourth-order valence-corrected chi connectivity index (χ4v) is 0. The first-order chi connectivity index (χ1) is 2.27. The van der Waals surface area contributed by atoms with Crippen LogP contribution in [0.15, 0.2) is 0 Å². The van der Waals surface area contributed by atoms with Crippen molar-refractivity contribution in [2.24, 2.45) is 0 Å². The van der Waals surface area contributed by atoms with E-state index in [9.17, 15) is 4.79 Å². The summed E-state index contributed by atoms with van der Waals surface area (Å²) in [6, 6.07) is 0. The van der Waals surface area contributed by atoms with Crippen LogP contribution >= 0.6 is 11.6 Å². The third-order valence-corrected chi connectivity index (χ3v) is 0.244. The molecule has 1 N–H and O–H groups in total. The zero-order valence-electron chi connectivity index (χ0n) is 2.44. The van der Waals surface area contributed by atoms with E-state index in [0.29, 0.717) is 0 Å². The van der Waals surface area contributed by atoms with Gasteiger partial charge in [-0.15, -0.1) is 0 Å². The molecule has 5 heteroatoms. The molecule has 0 rings (SSSR count). The summed E-state index contributed by atoms with van der Waals surface area (Å²) in [5.41, 5.74) is 0. The first-order valence-corrected chi connectivity index (χ1v) is 1.44. The van der Waals surface area contributed by atoms with Gasteiger partial charge in [0.2, 0.25) is 5.24 Å². The van der Waals surface area contributed by atoms with Gasteiger partial charge in [-0.25, -0.2) is 0 Å². The molecular weight excluding hydrogens is 141 g/mol. The molecule has 0 aliphatic rings. The Morgan fingerprint density at radius 3 is 1.86 bits per heavy atom. The van der Waals surface area contributed by atoms with Gasteiger partial charge in [-0.2, -0.15) is 0 Å². The van der Waals surface area contributed by atoms with E-state index in [1.54, 1.807) is 0 Å². The molecule has 0 aliphatic carbocycles. The molecule has 0 heterocycles. The summed E-state index contributed by atoms with van der Waals surface area (Å²) in [7, 11) is 0. The summed E-state index contributed by atoms with van der Waals surface area (Å²) >= 11 is 4.57. The van der Waals surface area contributed by atoms with Crippen LogP contribution in [0.25, 0.3) is 0 Å². The van der Waals surface area contributed by atoms with Gasteiger partial charge in [0.15, 0.2) is 17.4 Å². The van der Waals surface area contributed by atoms with Crippen molar-refractivity contribution in [3.05, 3.63) is 0 Å². The van der Waals surface area contributed by atoms with Crippen molar-refractivity contribution < 1.29 is 9.90 Å². The molecule has 0 radical (unpaired) electrons. The van der Waals surface area contributed by atoms with Crippen LogP contribution < -0.4 is 0 Å². The molecule has 7 heavy (non-hydrogen) atoms. The van der Waals surface area contributed by atoms with Crippen molar-refractivity contribution in [3.8, 4) is 0 Å². The Hall–Kier alpha value is 1.45. The number of aliphatic hydroxyl groups is 1. The Bertz CT molecular complexity index is 51.0. The molecule has 0 aromatic heterocycles. The number of aliphatic hydroxyl groups excluding tert-OH is 1. The molecule has 38 valence electrons. The second-order valence-corrected chi connectivity index (χ2v) is 0.935. The minimum absolute atomic E-state index is 0. The fraction of sp³-hybridized carbons (Fsp3) is 0.500. The van der Waals surface area contributed by atoms with Gasteiger partial charge in [0.05, 0.1) is 0 Å². The maximum absolute atomic E-state index is 9.33. The normalized spacial score (nSPS) is 5.43. The summed E-state index contributed by atoms with van der Waals surface area (Å²) in [4.78, 5) is 9.33. The number of hydrogen-bond acceptors (Lipinski definition) is 2. The van der Waals surface area contributed by atoms with Gasteiger partial charge in [-0.3, -0.25) is 4.79 Å². The van der Waals surface area contributed by atoms with Gasteiger partial charge in [0, 0.05) is 0 Å². The fourth-order valence-electron chi connectivity index (χ4n) is 0. The average Bonchev–Trinajstić information content (AvgIpc) is 1.38. The van der Waals surface area contributed by atoms with Crippen molar-refractivity contribution in [2.75, 3.05) is 6.61 Å².